The predicted molar refractivity (Wildman–Crippen MR) is 114 cm³/mol. The van der Waals surface area contributed by atoms with Crippen LogP contribution in [0.2, 0.25) is 0 Å². The zero-order valence-electron chi connectivity index (χ0n) is 17.9. The summed E-state index contributed by atoms with van der Waals surface area (Å²) in [6.07, 6.45) is -2.12. The number of hydrogen-bond acceptors (Lipinski definition) is 9. The number of H-pyrrole nitrogens is 1. The molecule has 0 aliphatic carbocycles. The molecule has 4 N–H and O–H groups in total. The minimum absolute atomic E-state index is 0.0251. The fourth-order valence-electron chi connectivity index (χ4n) is 3.14. The third-order valence-corrected chi connectivity index (χ3v) is 6.40. The maximum absolute atomic E-state index is 13.4. The van der Waals surface area contributed by atoms with E-state index < -0.39 is 62.1 Å². The Morgan fingerprint density at radius 2 is 2.06 bits per heavy atom. The number of carboxylic acid groups (broad SMARTS) is 1. The number of carboxylic acids is 1. The molecule has 3 rings (SSSR count). The molecular weight excluding hydrogens is 459 g/mol. The monoisotopic (exact) mass is 484 g/mol. The van der Waals surface area contributed by atoms with E-state index in [-0.39, 0.29) is 12.2 Å². The highest BCUT2D eigenvalue weighted by Crippen LogP contribution is 2.46. The van der Waals surface area contributed by atoms with Gasteiger partial charge in [-0.1, -0.05) is 32.0 Å². The molecule has 5 atom stereocenters. The van der Waals surface area contributed by atoms with Gasteiger partial charge >= 0.3 is 25.1 Å². The summed E-state index contributed by atoms with van der Waals surface area (Å²) < 4.78 is 31.0. The van der Waals surface area contributed by atoms with E-state index in [0.717, 1.165) is 10.9 Å². The number of nitrogens with zero attached hydrogens (tertiary/aromatic N) is 2. The summed E-state index contributed by atoms with van der Waals surface area (Å²) in [6, 6.07) is 6.80. The average Bonchev–Trinajstić information content (AvgIpc) is 3.11. The molecule has 1 aliphatic heterocycles. The maximum Gasteiger partial charge on any atom is 0.459 e. The largest absolute Gasteiger partial charge is 0.480 e. The van der Waals surface area contributed by atoms with Gasteiger partial charge in [0.1, 0.15) is 30.5 Å². The zero-order chi connectivity index (χ0) is 24.2. The molecule has 0 bridgehead atoms. The third kappa shape index (κ3) is 6.36. The smallest absolute Gasteiger partial charge is 0.459 e. The number of carbonyl (C=O) groups is 1. The molecule has 1 aliphatic rings. The highest BCUT2D eigenvalue weighted by Gasteiger charge is 2.40. The molecule has 0 radical (unpaired) electrons. The van der Waals surface area contributed by atoms with Crippen molar-refractivity contribution in [2.24, 2.45) is 5.92 Å². The summed E-state index contributed by atoms with van der Waals surface area (Å²) in [5.41, 5.74) is -1.59. The van der Waals surface area contributed by atoms with Crippen LogP contribution in [0.5, 0.6) is 5.75 Å². The minimum Gasteiger partial charge on any atom is -0.480 e. The van der Waals surface area contributed by atoms with Gasteiger partial charge in [0.2, 0.25) is 0 Å². The molecule has 1 fully saturated rings. The molecular formula is C19H25N4O9P. The summed E-state index contributed by atoms with van der Waals surface area (Å²) in [4.78, 5) is 40.2. The standard InChI is InChI=1S/C19H25N4O9P/c1-11(2)16(17(25)26)22-33(29,32-12-6-4-3-5-7-12)30-9-14-13(24)8-15(31-14)23-10-20-18(27)21-19(23)28/h3-7,10-11,13-16,24H,8-9H2,1-2H3,(H,22,29)(H,25,26)(H,21,27,28)/t13-,14?,15+,16+,33?/m0/s1. The summed E-state index contributed by atoms with van der Waals surface area (Å²) in [5, 5.41) is 22.3. The van der Waals surface area contributed by atoms with E-state index in [9.17, 15) is 29.2 Å². The average molecular weight is 484 g/mol. The van der Waals surface area contributed by atoms with E-state index >= 15 is 0 Å². The van der Waals surface area contributed by atoms with Gasteiger partial charge in [0.25, 0.3) is 0 Å². The second-order valence-corrected chi connectivity index (χ2v) is 9.40. The Morgan fingerprint density at radius 3 is 2.67 bits per heavy atom. The molecule has 13 nitrogen and oxygen atoms in total. The number of aromatic nitrogens is 3. The highest BCUT2D eigenvalue weighted by atomic mass is 31.2. The van der Waals surface area contributed by atoms with Gasteiger partial charge in [-0.3, -0.25) is 18.9 Å². The van der Waals surface area contributed by atoms with E-state index in [1.165, 1.54) is 12.1 Å². The summed E-state index contributed by atoms with van der Waals surface area (Å²) in [6.45, 7) is 2.82. The number of benzene rings is 1. The van der Waals surface area contributed by atoms with E-state index in [4.69, 9.17) is 13.8 Å². The normalized spacial score (nSPS) is 23.2. The molecule has 0 saturated carbocycles. The summed E-state index contributed by atoms with van der Waals surface area (Å²) in [5.74, 6) is -1.51. The molecule has 33 heavy (non-hydrogen) atoms. The van der Waals surface area contributed by atoms with Crippen molar-refractivity contribution in [3.05, 3.63) is 57.6 Å². The predicted octanol–water partition coefficient (Wildman–Crippen LogP) is 0.483. The lowest BCUT2D eigenvalue weighted by Gasteiger charge is -2.26. The molecule has 2 heterocycles. The minimum atomic E-state index is -4.24. The quantitative estimate of drug-likeness (QED) is 0.344. The number of aliphatic carboxylic acids is 1. The van der Waals surface area contributed by atoms with Crippen LogP contribution >= 0.6 is 7.75 Å². The Kier molecular flexibility index (Phi) is 7.82. The van der Waals surface area contributed by atoms with Crippen LogP contribution < -0.4 is 21.0 Å². The summed E-state index contributed by atoms with van der Waals surface area (Å²) >= 11 is 0. The first kappa shape index (κ1) is 24.8. The number of rotatable bonds is 10. The topological polar surface area (TPSA) is 182 Å². The van der Waals surface area contributed by atoms with Crippen LogP contribution in [-0.4, -0.2) is 55.6 Å². The van der Waals surface area contributed by atoms with Crippen molar-refractivity contribution in [1.29, 1.82) is 0 Å². The maximum atomic E-state index is 13.4. The molecule has 2 aromatic rings. The van der Waals surface area contributed by atoms with Gasteiger partial charge in [0, 0.05) is 6.42 Å². The molecule has 14 heteroatoms. The number of aromatic amines is 1. The lowest BCUT2D eigenvalue weighted by molar-refractivity contribution is -0.140. The molecule has 1 aromatic heterocycles. The number of nitrogens with one attached hydrogen (secondary N) is 2. The van der Waals surface area contributed by atoms with E-state index in [0.29, 0.717) is 0 Å². The Bertz CT molecular complexity index is 1120. The second kappa shape index (κ2) is 10.4. The Hall–Kier alpha value is -2.83. The van der Waals surface area contributed by atoms with Crippen LogP contribution in [0.1, 0.15) is 26.5 Å². The van der Waals surface area contributed by atoms with E-state index in [1.807, 2.05) is 4.98 Å². The number of hydrogen-bond donors (Lipinski definition) is 4. The first-order valence-corrected chi connectivity index (χ1v) is 11.6. The van der Waals surface area contributed by atoms with Crippen LogP contribution in [-0.2, 0) is 18.6 Å². The molecule has 2 unspecified atom stereocenters. The van der Waals surface area contributed by atoms with Gasteiger partial charge in [0.05, 0.1) is 12.7 Å². The first-order chi connectivity index (χ1) is 15.6. The Balaban J connectivity index is 1.75. The fourth-order valence-corrected chi connectivity index (χ4v) is 4.81. The molecule has 0 spiro atoms. The van der Waals surface area contributed by atoms with Gasteiger partial charge < -0.3 is 19.5 Å². The summed E-state index contributed by atoms with van der Waals surface area (Å²) in [7, 11) is -4.24. The lowest BCUT2D eigenvalue weighted by Crippen LogP contribution is -2.41. The number of aliphatic hydroxyl groups excluding tert-OH is 1. The van der Waals surface area contributed by atoms with Crippen molar-refractivity contribution in [3.8, 4) is 5.75 Å². The third-order valence-electron chi connectivity index (χ3n) is 4.87. The van der Waals surface area contributed by atoms with Gasteiger partial charge in [-0.15, -0.1) is 0 Å². The van der Waals surface area contributed by atoms with Crippen molar-refractivity contribution in [2.45, 2.75) is 44.7 Å². The zero-order valence-corrected chi connectivity index (χ0v) is 18.8. The molecule has 0 amide bonds. The molecule has 1 saturated heterocycles. The van der Waals surface area contributed by atoms with Crippen LogP contribution in [0.4, 0.5) is 0 Å². The van der Waals surface area contributed by atoms with E-state index in [1.54, 1.807) is 32.0 Å². The highest BCUT2D eigenvalue weighted by molar-refractivity contribution is 7.52. The number of para-hydroxylation sites is 1. The Labute approximate surface area is 187 Å². The first-order valence-electron chi connectivity index (χ1n) is 10.1. The fraction of sp³-hybridized carbons (Fsp3) is 0.474. The number of ether oxygens (including phenoxy) is 1. The molecule has 180 valence electrons. The van der Waals surface area contributed by atoms with E-state index in [2.05, 4.69) is 10.1 Å². The van der Waals surface area contributed by atoms with Crippen molar-refractivity contribution >= 4 is 13.7 Å². The van der Waals surface area contributed by atoms with Crippen molar-refractivity contribution < 1.29 is 33.4 Å². The number of aliphatic hydroxyl groups is 1. The van der Waals surface area contributed by atoms with Crippen molar-refractivity contribution in [3.63, 3.8) is 0 Å². The van der Waals surface area contributed by atoms with Crippen LogP contribution in [0, 0.1) is 5.92 Å². The second-order valence-electron chi connectivity index (χ2n) is 7.71. The molecule has 1 aromatic carbocycles. The van der Waals surface area contributed by atoms with Crippen LogP contribution in [0.15, 0.2) is 46.2 Å². The van der Waals surface area contributed by atoms with Crippen molar-refractivity contribution in [1.82, 2.24) is 19.6 Å². The van der Waals surface area contributed by atoms with Crippen LogP contribution in [0.25, 0.3) is 0 Å². The van der Waals surface area contributed by atoms with Gasteiger partial charge in [-0.05, 0) is 18.1 Å². The lowest BCUT2D eigenvalue weighted by atomic mass is 10.1. The van der Waals surface area contributed by atoms with Gasteiger partial charge in [-0.25, -0.2) is 14.2 Å². The van der Waals surface area contributed by atoms with Gasteiger partial charge in [-0.2, -0.15) is 10.1 Å². The Morgan fingerprint density at radius 1 is 1.36 bits per heavy atom. The van der Waals surface area contributed by atoms with Gasteiger partial charge in [0.15, 0.2) is 0 Å². The SMILES string of the molecule is CC(C)[C@@H](NP(=O)(OCC1O[C@@H](n2cnc(=O)[nH]c2=O)C[C@@H]1O)Oc1ccccc1)C(=O)O. The van der Waals surface area contributed by atoms with Crippen molar-refractivity contribution in [2.75, 3.05) is 6.61 Å². The van der Waals surface area contributed by atoms with Crippen LogP contribution in [0.3, 0.4) is 0 Å².